The zero-order valence-corrected chi connectivity index (χ0v) is 11.5. The van der Waals surface area contributed by atoms with E-state index < -0.39 is 17.8 Å². The number of amides is 1. The Bertz CT molecular complexity index is 637. The fourth-order valence-corrected chi connectivity index (χ4v) is 2.04. The van der Waals surface area contributed by atoms with Crippen LogP contribution in [0, 0.1) is 12.7 Å². The topological polar surface area (TPSA) is 69.6 Å². The van der Waals surface area contributed by atoms with Gasteiger partial charge < -0.3 is 15.5 Å². The van der Waals surface area contributed by atoms with Crippen molar-refractivity contribution in [2.45, 2.75) is 13.0 Å². The summed E-state index contributed by atoms with van der Waals surface area (Å²) in [4.78, 5) is 11.9. The number of aliphatic hydroxyl groups is 1. The molecule has 3 N–H and O–H groups in total. The average molecular weight is 289 g/mol. The number of benzene rings is 2. The minimum absolute atomic E-state index is 0.00481. The molecule has 0 saturated heterocycles. The van der Waals surface area contributed by atoms with Gasteiger partial charge >= 0.3 is 0 Å². The van der Waals surface area contributed by atoms with Crippen LogP contribution in [0.3, 0.4) is 0 Å². The summed E-state index contributed by atoms with van der Waals surface area (Å²) in [6.07, 6.45) is -1.13. The van der Waals surface area contributed by atoms with Crippen molar-refractivity contribution in [2.75, 3.05) is 6.54 Å². The molecule has 1 atom stereocenters. The van der Waals surface area contributed by atoms with Gasteiger partial charge in [-0.05, 0) is 36.8 Å². The molecule has 0 spiro atoms. The number of phenols is 1. The Balaban J connectivity index is 2.02. The van der Waals surface area contributed by atoms with E-state index in [0.717, 1.165) is 5.56 Å². The molecule has 0 saturated carbocycles. The molecule has 21 heavy (non-hydrogen) atoms. The van der Waals surface area contributed by atoms with Crippen molar-refractivity contribution < 1.29 is 19.4 Å². The van der Waals surface area contributed by atoms with E-state index in [0.29, 0.717) is 0 Å². The Hall–Kier alpha value is -2.40. The van der Waals surface area contributed by atoms with Crippen molar-refractivity contribution in [3.63, 3.8) is 0 Å². The van der Waals surface area contributed by atoms with E-state index in [1.54, 1.807) is 19.1 Å². The van der Waals surface area contributed by atoms with Crippen LogP contribution in [0.15, 0.2) is 42.5 Å². The second-order valence-electron chi connectivity index (χ2n) is 4.80. The number of aromatic hydroxyl groups is 1. The van der Waals surface area contributed by atoms with Gasteiger partial charge in [-0.25, -0.2) is 4.39 Å². The van der Waals surface area contributed by atoms with Gasteiger partial charge in [0.2, 0.25) is 0 Å². The van der Waals surface area contributed by atoms with Gasteiger partial charge in [-0.3, -0.25) is 4.79 Å². The van der Waals surface area contributed by atoms with Crippen molar-refractivity contribution in [1.29, 1.82) is 0 Å². The Labute approximate surface area is 121 Å². The summed E-state index contributed by atoms with van der Waals surface area (Å²) in [7, 11) is 0. The molecule has 1 amide bonds. The SMILES string of the molecule is Cc1cc(O)cc(C(=O)NCC(O)c2ccccc2F)c1. The Morgan fingerprint density at radius 3 is 2.67 bits per heavy atom. The van der Waals surface area contributed by atoms with E-state index >= 15 is 0 Å². The van der Waals surface area contributed by atoms with E-state index in [9.17, 15) is 19.4 Å². The lowest BCUT2D eigenvalue weighted by Gasteiger charge is -2.13. The number of nitrogens with one attached hydrogen (secondary N) is 1. The van der Waals surface area contributed by atoms with Crippen LogP contribution in [0.5, 0.6) is 5.75 Å². The monoisotopic (exact) mass is 289 g/mol. The van der Waals surface area contributed by atoms with Gasteiger partial charge in [0.15, 0.2) is 0 Å². The van der Waals surface area contributed by atoms with Crippen molar-refractivity contribution in [3.8, 4) is 5.75 Å². The number of carbonyl (C=O) groups excluding carboxylic acids is 1. The molecular weight excluding hydrogens is 273 g/mol. The minimum atomic E-state index is -1.13. The summed E-state index contributed by atoms with van der Waals surface area (Å²) < 4.78 is 13.5. The molecule has 2 aromatic rings. The van der Waals surface area contributed by atoms with Gasteiger partial charge in [-0.15, -0.1) is 0 Å². The second kappa shape index (κ2) is 6.37. The molecule has 0 aliphatic rings. The van der Waals surface area contributed by atoms with Gasteiger partial charge in [0.25, 0.3) is 5.91 Å². The molecule has 0 aromatic heterocycles. The van der Waals surface area contributed by atoms with Crippen LogP contribution in [0.2, 0.25) is 0 Å². The van der Waals surface area contributed by atoms with Gasteiger partial charge in [-0.1, -0.05) is 18.2 Å². The standard InChI is InChI=1S/C16H16FNO3/c1-10-6-11(8-12(19)7-10)16(21)18-9-15(20)13-4-2-3-5-14(13)17/h2-8,15,19-20H,9H2,1H3,(H,18,21). The first-order valence-corrected chi connectivity index (χ1v) is 6.48. The maximum Gasteiger partial charge on any atom is 0.251 e. The van der Waals surface area contributed by atoms with Crippen LogP contribution < -0.4 is 5.32 Å². The quantitative estimate of drug-likeness (QED) is 0.809. The van der Waals surface area contributed by atoms with E-state index in [2.05, 4.69) is 5.32 Å². The Morgan fingerprint density at radius 1 is 1.29 bits per heavy atom. The molecular formula is C16H16FNO3. The van der Waals surface area contributed by atoms with Gasteiger partial charge in [0.1, 0.15) is 11.6 Å². The summed E-state index contributed by atoms with van der Waals surface area (Å²) in [5, 5.41) is 21.9. The Morgan fingerprint density at radius 2 is 2.00 bits per heavy atom. The largest absolute Gasteiger partial charge is 0.508 e. The summed E-state index contributed by atoms with van der Waals surface area (Å²) >= 11 is 0. The summed E-state index contributed by atoms with van der Waals surface area (Å²) in [5.74, 6) is -0.966. The van der Waals surface area contributed by atoms with E-state index in [1.165, 1.54) is 30.3 Å². The first-order chi connectivity index (χ1) is 9.97. The molecule has 5 heteroatoms. The van der Waals surface area contributed by atoms with Crippen molar-refractivity contribution in [2.24, 2.45) is 0 Å². The molecule has 4 nitrogen and oxygen atoms in total. The number of aryl methyl sites for hydroxylation is 1. The summed E-state index contributed by atoms with van der Waals surface area (Å²) in [5.41, 5.74) is 1.16. The first kappa shape index (κ1) is 15.0. The number of hydrogen-bond acceptors (Lipinski definition) is 3. The second-order valence-corrected chi connectivity index (χ2v) is 4.80. The average Bonchev–Trinajstić information content (AvgIpc) is 2.43. The molecule has 0 fully saturated rings. The maximum absolute atomic E-state index is 13.5. The lowest BCUT2D eigenvalue weighted by atomic mass is 10.1. The van der Waals surface area contributed by atoms with Gasteiger partial charge in [-0.2, -0.15) is 0 Å². The third kappa shape index (κ3) is 3.79. The molecule has 1 unspecified atom stereocenters. The fraction of sp³-hybridized carbons (Fsp3) is 0.188. The predicted molar refractivity (Wildman–Crippen MR) is 76.5 cm³/mol. The molecule has 110 valence electrons. The lowest BCUT2D eigenvalue weighted by Crippen LogP contribution is -2.28. The Kier molecular flexibility index (Phi) is 4.55. The van der Waals surface area contributed by atoms with Crippen LogP contribution in [0.4, 0.5) is 4.39 Å². The van der Waals surface area contributed by atoms with Crippen LogP contribution in [0.1, 0.15) is 27.6 Å². The fourth-order valence-electron chi connectivity index (χ4n) is 2.04. The first-order valence-electron chi connectivity index (χ1n) is 6.48. The third-order valence-corrected chi connectivity index (χ3v) is 3.04. The molecule has 0 radical (unpaired) electrons. The molecule has 0 bridgehead atoms. The zero-order valence-electron chi connectivity index (χ0n) is 11.5. The normalized spacial score (nSPS) is 12.0. The molecule has 2 rings (SSSR count). The highest BCUT2D eigenvalue weighted by molar-refractivity contribution is 5.94. The number of carbonyl (C=O) groups is 1. The highest BCUT2D eigenvalue weighted by Gasteiger charge is 2.14. The van der Waals surface area contributed by atoms with Gasteiger partial charge in [0, 0.05) is 17.7 Å². The predicted octanol–water partition coefficient (Wildman–Crippen LogP) is 2.30. The van der Waals surface area contributed by atoms with Crippen molar-refractivity contribution in [1.82, 2.24) is 5.32 Å². The smallest absolute Gasteiger partial charge is 0.251 e. The van der Waals surface area contributed by atoms with Crippen LogP contribution in [0.25, 0.3) is 0 Å². The molecule has 0 heterocycles. The number of rotatable bonds is 4. The zero-order chi connectivity index (χ0) is 15.4. The lowest BCUT2D eigenvalue weighted by molar-refractivity contribution is 0.0913. The highest BCUT2D eigenvalue weighted by Crippen LogP contribution is 2.17. The maximum atomic E-state index is 13.5. The number of phenolic OH excluding ortho intramolecular Hbond substituents is 1. The highest BCUT2D eigenvalue weighted by atomic mass is 19.1. The van der Waals surface area contributed by atoms with Crippen LogP contribution in [-0.4, -0.2) is 22.7 Å². The van der Waals surface area contributed by atoms with Crippen LogP contribution in [-0.2, 0) is 0 Å². The number of hydrogen-bond donors (Lipinski definition) is 3. The third-order valence-electron chi connectivity index (χ3n) is 3.04. The molecule has 0 aliphatic heterocycles. The van der Waals surface area contributed by atoms with Crippen LogP contribution >= 0.6 is 0 Å². The van der Waals surface area contributed by atoms with E-state index in [4.69, 9.17) is 0 Å². The van der Waals surface area contributed by atoms with Crippen molar-refractivity contribution >= 4 is 5.91 Å². The minimum Gasteiger partial charge on any atom is -0.508 e. The summed E-state index contributed by atoms with van der Waals surface area (Å²) in [6, 6.07) is 10.3. The molecule has 2 aromatic carbocycles. The van der Waals surface area contributed by atoms with E-state index in [-0.39, 0.29) is 23.4 Å². The number of halogens is 1. The van der Waals surface area contributed by atoms with E-state index in [1.807, 2.05) is 0 Å². The van der Waals surface area contributed by atoms with Crippen molar-refractivity contribution in [3.05, 3.63) is 65.0 Å². The molecule has 0 aliphatic carbocycles. The number of aliphatic hydroxyl groups excluding tert-OH is 1. The van der Waals surface area contributed by atoms with Gasteiger partial charge in [0.05, 0.1) is 6.10 Å². The summed E-state index contributed by atoms with van der Waals surface area (Å²) in [6.45, 7) is 1.64.